The summed E-state index contributed by atoms with van der Waals surface area (Å²) >= 11 is 0. The molecule has 0 atom stereocenters. The minimum absolute atomic E-state index is 0.175. The number of nitrogens with two attached hydrogens (primary N) is 1. The Morgan fingerprint density at radius 2 is 1.71 bits per heavy atom. The average Bonchev–Trinajstić information content (AvgIpc) is 2.93. The lowest BCUT2D eigenvalue weighted by Gasteiger charge is -2.12. The molecule has 5 nitrogen and oxygen atoms in total. The van der Waals surface area contributed by atoms with Gasteiger partial charge in [-0.25, -0.2) is 0 Å². The topological polar surface area (TPSA) is 72.4 Å². The summed E-state index contributed by atoms with van der Waals surface area (Å²) in [4.78, 5) is 13.0. The summed E-state index contributed by atoms with van der Waals surface area (Å²) in [6, 6.07) is 5.47. The van der Waals surface area contributed by atoms with Gasteiger partial charge < -0.3 is 15.2 Å². The summed E-state index contributed by atoms with van der Waals surface area (Å²) < 4.78 is 5.02. The van der Waals surface area contributed by atoms with Gasteiger partial charge >= 0.3 is 0 Å². The molecule has 1 amide bonds. The van der Waals surface area contributed by atoms with Gasteiger partial charge in [0.15, 0.2) is 11.3 Å². The molecule has 1 aliphatic rings. The third-order valence-electron chi connectivity index (χ3n) is 3.69. The maximum Gasteiger partial charge on any atom is 0.271 e. The molecule has 0 spiro atoms. The Kier molecular flexibility index (Phi) is 5.20. The predicted molar refractivity (Wildman–Crippen MR) is 84.6 cm³/mol. The maximum atomic E-state index is 11.1. The number of aromatic nitrogens is 1. The van der Waals surface area contributed by atoms with Crippen molar-refractivity contribution in [1.82, 2.24) is 5.16 Å². The lowest BCUT2D eigenvalue weighted by molar-refractivity contribution is 0.0993. The van der Waals surface area contributed by atoms with Crippen molar-refractivity contribution in [3.63, 3.8) is 0 Å². The van der Waals surface area contributed by atoms with Crippen molar-refractivity contribution in [2.45, 2.75) is 38.5 Å². The number of anilines is 1. The number of hydrogen-bond acceptors (Lipinski definition) is 4. The number of amides is 1. The van der Waals surface area contributed by atoms with E-state index in [0.29, 0.717) is 11.0 Å². The van der Waals surface area contributed by atoms with E-state index in [0.717, 1.165) is 5.69 Å². The molecule has 3 rings (SSSR count). The highest BCUT2D eigenvalue weighted by Gasteiger charge is 2.17. The maximum absolute atomic E-state index is 11.1. The van der Waals surface area contributed by atoms with Crippen LogP contribution in [0, 0.1) is 0 Å². The van der Waals surface area contributed by atoms with Crippen LogP contribution in [0.4, 0.5) is 5.69 Å². The lowest BCUT2D eigenvalue weighted by Crippen LogP contribution is -2.14. The summed E-state index contributed by atoms with van der Waals surface area (Å²) in [5.74, 6) is -0.581. The Hall–Kier alpha value is -2.04. The Bertz CT molecular complexity index is 589. The first-order chi connectivity index (χ1) is 10.1. The Morgan fingerprint density at radius 1 is 1.14 bits per heavy atom. The van der Waals surface area contributed by atoms with E-state index >= 15 is 0 Å². The first-order valence-electron chi connectivity index (χ1n) is 7.47. The summed E-state index contributed by atoms with van der Waals surface area (Å²) in [6.07, 6.45) is 9.00. The fraction of sp³-hybridized carbons (Fsp3) is 0.500. The molecule has 2 N–H and O–H groups in total. The van der Waals surface area contributed by atoms with E-state index in [1.807, 2.05) is 31.1 Å². The van der Waals surface area contributed by atoms with Crippen molar-refractivity contribution < 1.29 is 9.32 Å². The number of benzene rings is 1. The quantitative estimate of drug-likeness (QED) is 0.920. The van der Waals surface area contributed by atoms with Crippen LogP contribution in [-0.2, 0) is 0 Å². The highest BCUT2D eigenvalue weighted by atomic mass is 16.5. The Balaban J connectivity index is 0.000000225. The van der Waals surface area contributed by atoms with Gasteiger partial charge in [-0.15, -0.1) is 0 Å². The summed E-state index contributed by atoms with van der Waals surface area (Å²) in [5, 5.41) is 4.32. The molecule has 1 aromatic carbocycles. The van der Waals surface area contributed by atoms with Gasteiger partial charge in [-0.05, 0) is 12.1 Å². The van der Waals surface area contributed by atoms with Gasteiger partial charge in [0.2, 0.25) is 0 Å². The smallest absolute Gasteiger partial charge is 0.271 e. The summed E-state index contributed by atoms with van der Waals surface area (Å²) in [7, 11) is 3.76. The normalized spacial score (nSPS) is 14.4. The van der Waals surface area contributed by atoms with E-state index in [2.05, 4.69) is 5.16 Å². The van der Waals surface area contributed by atoms with Crippen molar-refractivity contribution in [1.29, 1.82) is 0 Å². The monoisotopic (exact) mass is 289 g/mol. The molecule has 2 aromatic rings. The minimum Gasteiger partial charge on any atom is -0.377 e. The first kappa shape index (κ1) is 15.4. The highest BCUT2D eigenvalue weighted by Crippen LogP contribution is 2.28. The summed E-state index contributed by atoms with van der Waals surface area (Å²) in [6.45, 7) is 0. The zero-order chi connectivity index (χ0) is 15.2. The van der Waals surface area contributed by atoms with Gasteiger partial charge in [-0.1, -0.05) is 49.7 Å². The molecular weight excluding hydrogens is 266 g/mol. The van der Waals surface area contributed by atoms with E-state index in [1.165, 1.54) is 38.5 Å². The fourth-order valence-electron chi connectivity index (χ4n) is 2.58. The van der Waals surface area contributed by atoms with Crippen molar-refractivity contribution >= 4 is 22.6 Å². The zero-order valence-corrected chi connectivity index (χ0v) is 12.8. The van der Waals surface area contributed by atoms with Crippen LogP contribution in [0.1, 0.15) is 49.0 Å². The SMILES string of the molecule is C1CCCCC1.CN(C)c1cccc2onc(C(N)=O)c12. The molecule has 5 heteroatoms. The third-order valence-corrected chi connectivity index (χ3v) is 3.69. The number of carbonyl (C=O) groups excluding carboxylic acids is 1. The molecule has 1 aromatic heterocycles. The molecular formula is C16H23N3O2. The second-order valence-corrected chi connectivity index (χ2v) is 5.56. The standard InChI is InChI=1S/C10H11N3O2.C6H12/c1-13(2)6-4-3-5-7-8(6)9(10(11)14)12-15-7;1-2-4-6-5-3-1/h3-5H,1-2H3,(H2,11,14);1-6H2. The average molecular weight is 289 g/mol. The number of primary amides is 1. The van der Waals surface area contributed by atoms with Crippen LogP contribution in [0.3, 0.4) is 0 Å². The fourth-order valence-corrected chi connectivity index (χ4v) is 2.58. The van der Waals surface area contributed by atoms with Crippen LogP contribution in [0.5, 0.6) is 0 Å². The van der Waals surface area contributed by atoms with Crippen molar-refractivity contribution in [3.05, 3.63) is 23.9 Å². The molecule has 114 valence electrons. The zero-order valence-electron chi connectivity index (χ0n) is 12.8. The van der Waals surface area contributed by atoms with Crippen molar-refractivity contribution in [3.8, 4) is 0 Å². The van der Waals surface area contributed by atoms with Crippen LogP contribution < -0.4 is 10.6 Å². The molecule has 21 heavy (non-hydrogen) atoms. The van der Waals surface area contributed by atoms with Gasteiger partial charge in [0, 0.05) is 19.8 Å². The Morgan fingerprint density at radius 3 is 2.19 bits per heavy atom. The van der Waals surface area contributed by atoms with Crippen LogP contribution in [0.2, 0.25) is 0 Å². The Labute approximate surface area is 125 Å². The summed E-state index contributed by atoms with van der Waals surface area (Å²) in [5.41, 5.74) is 6.82. The highest BCUT2D eigenvalue weighted by molar-refractivity contribution is 6.08. The van der Waals surface area contributed by atoms with Gasteiger partial charge in [-0.3, -0.25) is 4.79 Å². The van der Waals surface area contributed by atoms with Gasteiger partial charge in [0.25, 0.3) is 5.91 Å². The lowest BCUT2D eigenvalue weighted by atomic mass is 10.0. The van der Waals surface area contributed by atoms with Crippen molar-refractivity contribution in [2.24, 2.45) is 5.73 Å². The second-order valence-electron chi connectivity index (χ2n) is 5.56. The van der Waals surface area contributed by atoms with Crippen LogP contribution in [-0.4, -0.2) is 25.2 Å². The molecule has 0 radical (unpaired) electrons. The number of fused-ring (bicyclic) bond motifs is 1. The van der Waals surface area contributed by atoms with Gasteiger partial charge in [0.1, 0.15) is 0 Å². The number of nitrogens with zero attached hydrogens (tertiary/aromatic N) is 2. The van der Waals surface area contributed by atoms with Crippen LogP contribution in [0.15, 0.2) is 22.7 Å². The van der Waals surface area contributed by atoms with Gasteiger partial charge in [-0.2, -0.15) is 0 Å². The molecule has 1 heterocycles. The molecule has 0 bridgehead atoms. The van der Waals surface area contributed by atoms with E-state index in [9.17, 15) is 4.79 Å². The van der Waals surface area contributed by atoms with E-state index < -0.39 is 5.91 Å². The largest absolute Gasteiger partial charge is 0.377 e. The molecule has 1 saturated carbocycles. The minimum atomic E-state index is -0.581. The third kappa shape index (κ3) is 3.74. The second kappa shape index (κ2) is 7.11. The molecule has 1 aliphatic carbocycles. The number of hydrogen-bond donors (Lipinski definition) is 1. The number of rotatable bonds is 2. The van der Waals surface area contributed by atoms with E-state index in [1.54, 1.807) is 6.07 Å². The molecule has 0 unspecified atom stereocenters. The van der Waals surface area contributed by atoms with E-state index in [4.69, 9.17) is 10.3 Å². The van der Waals surface area contributed by atoms with E-state index in [-0.39, 0.29) is 5.69 Å². The molecule has 0 saturated heterocycles. The molecule has 0 aliphatic heterocycles. The first-order valence-corrected chi connectivity index (χ1v) is 7.47. The van der Waals surface area contributed by atoms with Crippen LogP contribution in [0.25, 0.3) is 11.0 Å². The number of carbonyl (C=O) groups is 1. The predicted octanol–water partition coefficient (Wildman–Crippen LogP) is 3.33. The molecule has 1 fully saturated rings. The van der Waals surface area contributed by atoms with Gasteiger partial charge in [0.05, 0.1) is 5.39 Å². The van der Waals surface area contributed by atoms with Crippen molar-refractivity contribution in [2.75, 3.05) is 19.0 Å². The van der Waals surface area contributed by atoms with Crippen LogP contribution >= 0.6 is 0 Å².